The highest BCUT2D eigenvalue weighted by Gasteiger charge is 2.10. The van der Waals surface area contributed by atoms with Gasteiger partial charge in [0.1, 0.15) is 6.10 Å². The molecule has 0 atom stereocenters. The lowest BCUT2D eigenvalue weighted by Gasteiger charge is -2.21. The lowest BCUT2D eigenvalue weighted by atomic mass is 10.1. The summed E-state index contributed by atoms with van der Waals surface area (Å²) in [6.45, 7) is 9.94. The second kappa shape index (κ2) is 28.9. The predicted octanol–water partition coefficient (Wildman–Crippen LogP) is 7.99. The number of aliphatic hydroxyl groups is 1. The molecular formula is C32H63NO5. The SMILES string of the molecule is CCCCCCCCCOC(=O)CCCCCCCN(CCO)CCCCCCCC(=O)OC(CC)CC. The Morgan fingerprint density at radius 1 is 0.605 bits per heavy atom. The molecule has 0 rings (SSSR count). The van der Waals surface area contributed by atoms with Crippen LogP contribution in [0.3, 0.4) is 0 Å². The van der Waals surface area contributed by atoms with E-state index in [4.69, 9.17) is 9.47 Å². The zero-order chi connectivity index (χ0) is 28.1. The number of rotatable bonds is 29. The summed E-state index contributed by atoms with van der Waals surface area (Å²) >= 11 is 0. The summed E-state index contributed by atoms with van der Waals surface area (Å²) in [5.41, 5.74) is 0. The quantitative estimate of drug-likeness (QED) is 0.0764. The number of aliphatic hydroxyl groups excluding tert-OH is 1. The van der Waals surface area contributed by atoms with Gasteiger partial charge in [-0.05, 0) is 58.0 Å². The van der Waals surface area contributed by atoms with Crippen LogP contribution in [0.4, 0.5) is 0 Å². The Morgan fingerprint density at radius 3 is 1.61 bits per heavy atom. The molecule has 0 amide bonds. The molecule has 0 aliphatic heterocycles. The van der Waals surface area contributed by atoms with E-state index in [1.54, 1.807) is 0 Å². The Hall–Kier alpha value is -1.14. The van der Waals surface area contributed by atoms with E-state index in [-0.39, 0.29) is 24.6 Å². The molecule has 0 radical (unpaired) electrons. The normalized spacial score (nSPS) is 11.4. The first-order chi connectivity index (χ1) is 18.6. The summed E-state index contributed by atoms with van der Waals surface area (Å²) in [5, 5.41) is 9.39. The van der Waals surface area contributed by atoms with Crippen LogP contribution in [0, 0.1) is 0 Å². The summed E-state index contributed by atoms with van der Waals surface area (Å²) in [5.74, 6) is -0.0850. The molecule has 0 fully saturated rings. The molecule has 0 aromatic heterocycles. The number of unbranched alkanes of at least 4 members (excludes halogenated alkanes) is 14. The fourth-order valence-electron chi connectivity index (χ4n) is 4.76. The molecule has 0 heterocycles. The van der Waals surface area contributed by atoms with Gasteiger partial charge in [-0.1, -0.05) is 97.8 Å². The van der Waals surface area contributed by atoms with E-state index in [0.29, 0.717) is 19.4 Å². The molecule has 6 nitrogen and oxygen atoms in total. The highest BCUT2D eigenvalue weighted by atomic mass is 16.5. The molecule has 0 aliphatic rings. The maximum absolute atomic E-state index is 11.9. The highest BCUT2D eigenvalue weighted by molar-refractivity contribution is 5.69. The van der Waals surface area contributed by atoms with Crippen molar-refractivity contribution >= 4 is 11.9 Å². The first-order valence-electron chi connectivity index (χ1n) is 16.3. The van der Waals surface area contributed by atoms with Gasteiger partial charge in [-0.2, -0.15) is 0 Å². The summed E-state index contributed by atoms with van der Waals surface area (Å²) < 4.78 is 10.8. The van der Waals surface area contributed by atoms with Gasteiger partial charge in [-0.25, -0.2) is 0 Å². The maximum Gasteiger partial charge on any atom is 0.306 e. The number of carbonyl (C=O) groups is 2. The zero-order valence-corrected chi connectivity index (χ0v) is 25.5. The van der Waals surface area contributed by atoms with Gasteiger partial charge in [0.2, 0.25) is 0 Å². The van der Waals surface area contributed by atoms with E-state index in [0.717, 1.165) is 90.3 Å². The average molecular weight is 542 g/mol. The van der Waals surface area contributed by atoms with Crippen molar-refractivity contribution in [3.63, 3.8) is 0 Å². The Morgan fingerprint density at radius 2 is 1.08 bits per heavy atom. The standard InChI is InChI=1S/C32H63NO5/c1-4-7-8-9-10-17-22-29-37-31(35)23-18-13-11-15-20-25-33(27-28-34)26-21-16-12-14-19-24-32(36)38-30(5-2)6-3/h30,34H,4-29H2,1-3H3. The van der Waals surface area contributed by atoms with Crippen LogP contribution in [0.15, 0.2) is 0 Å². The fourth-order valence-corrected chi connectivity index (χ4v) is 4.76. The van der Waals surface area contributed by atoms with Crippen molar-refractivity contribution in [1.82, 2.24) is 4.90 Å². The van der Waals surface area contributed by atoms with Crippen molar-refractivity contribution < 1.29 is 24.2 Å². The van der Waals surface area contributed by atoms with Crippen LogP contribution >= 0.6 is 0 Å². The zero-order valence-electron chi connectivity index (χ0n) is 25.5. The number of carbonyl (C=O) groups excluding carboxylic acids is 2. The molecule has 38 heavy (non-hydrogen) atoms. The first-order valence-corrected chi connectivity index (χ1v) is 16.3. The fraction of sp³-hybridized carbons (Fsp3) is 0.938. The van der Waals surface area contributed by atoms with Gasteiger partial charge in [-0.15, -0.1) is 0 Å². The van der Waals surface area contributed by atoms with Crippen LogP contribution in [-0.4, -0.2) is 60.9 Å². The van der Waals surface area contributed by atoms with Gasteiger partial charge < -0.3 is 19.5 Å². The molecule has 6 heteroatoms. The van der Waals surface area contributed by atoms with Crippen molar-refractivity contribution in [1.29, 1.82) is 0 Å². The maximum atomic E-state index is 11.9. The lowest BCUT2D eigenvalue weighted by Crippen LogP contribution is -2.29. The Labute approximate surface area is 235 Å². The van der Waals surface area contributed by atoms with Gasteiger partial charge in [0.25, 0.3) is 0 Å². The molecule has 0 aromatic rings. The van der Waals surface area contributed by atoms with Crippen molar-refractivity contribution in [2.24, 2.45) is 0 Å². The van der Waals surface area contributed by atoms with Crippen LogP contribution in [0.5, 0.6) is 0 Å². The van der Waals surface area contributed by atoms with Crippen molar-refractivity contribution in [3.8, 4) is 0 Å². The monoisotopic (exact) mass is 541 g/mol. The van der Waals surface area contributed by atoms with Crippen LogP contribution in [0.1, 0.15) is 156 Å². The van der Waals surface area contributed by atoms with E-state index in [9.17, 15) is 14.7 Å². The number of ether oxygens (including phenoxy) is 2. The second-order valence-electron chi connectivity index (χ2n) is 10.9. The van der Waals surface area contributed by atoms with Crippen LogP contribution in [-0.2, 0) is 19.1 Å². The van der Waals surface area contributed by atoms with E-state index >= 15 is 0 Å². The number of nitrogens with zero attached hydrogens (tertiary/aromatic N) is 1. The molecule has 1 N–H and O–H groups in total. The number of hydrogen-bond acceptors (Lipinski definition) is 6. The molecule has 0 aliphatic carbocycles. The Bertz CT molecular complexity index is 524. The van der Waals surface area contributed by atoms with Crippen molar-refractivity contribution in [2.75, 3.05) is 32.8 Å². The number of esters is 2. The van der Waals surface area contributed by atoms with Gasteiger partial charge in [0.15, 0.2) is 0 Å². The minimum absolute atomic E-state index is 0.0355. The first kappa shape index (κ1) is 36.9. The highest BCUT2D eigenvalue weighted by Crippen LogP contribution is 2.12. The van der Waals surface area contributed by atoms with Gasteiger partial charge in [-0.3, -0.25) is 9.59 Å². The molecular weight excluding hydrogens is 478 g/mol. The Kier molecular flexibility index (Phi) is 28.0. The third-order valence-corrected chi connectivity index (χ3v) is 7.35. The molecule has 0 unspecified atom stereocenters. The Balaban J connectivity index is 3.61. The third-order valence-electron chi connectivity index (χ3n) is 7.35. The van der Waals surface area contributed by atoms with Crippen LogP contribution in [0.25, 0.3) is 0 Å². The van der Waals surface area contributed by atoms with Crippen LogP contribution < -0.4 is 0 Å². The lowest BCUT2D eigenvalue weighted by molar-refractivity contribution is -0.149. The molecule has 0 aromatic carbocycles. The molecule has 226 valence electrons. The summed E-state index contributed by atoms with van der Waals surface area (Å²) in [6, 6.07) is 0. The molecule has 0 bridgehead atoms. The molecule has 0 spiro atoms. The second-order valence-corrected chi connectivity index (χ2v) is 10.9. The van der Waals surface area contributed by atoms with Crippen molar-refractivity contribution in [2.45, 2.75) is 162 Å². The van der Waals surface area contributed by atoms with E-state index in [2.05, 4.69) is 25.7 Å². The minimum atomic E-state index is -0.0495. The summed E-state index contributed by atoms with van der Waals surface area (Å²) in [7, 11) is 0. The van der Waals surface area contributed by atoms with Gasteiger partial charge in [0.05, 0.1) is 13.2 Å². The van der Waals surface area contributed by atoms with Gasteiger partial charge >= 0.3 is 11.9 Å². The average Bonchev–Trinajstić information content (AvgIpc) is 2.91. The largest absolute Gasteiger partial charge is 0.466 e. The molecule has 0 saturated heterocycles. The molecule has 0 saturated carbocycles. The predicted molar refractivity (Wildman–Crippen MR) is 158 cm³/mol. The van der Waals surface area contributed by atoms with E-state index in [1.165, 1.54) is 51.4 Å². The third kappa shape index (κ3) is 25.2. The van der Waals surface area contributed by atoms with E-state index < -0.39 is 0 Å². The smallest absolute Gasteiger partial charge is 0.306 e. The summed E-state index contributed by atoms with van der Waals surface area (Å²) in [6.07, 6.45) is 22.5. The van der Waals surface area contributed by atoms with Crippen LogP contribution in [0.2, 0.25) is 0 Å². The number of hydrogen-bond donors (Lipinski definition) is 1. The van der Waals surface area contributed by atoms with Crippen molar-refractivity contribution in [3.05, 3.63) is 0 Å². The van der Waals surface area contributed by atoms with Gasteiger partial charge in [0, 0.05) is 19.4 Å². The summed E-state index contributed by atoms with van der Waals surface area (Å²) in [4.78, 5) is 26.1. The van der Waals surface area contributed by atoms with E-state index in [1.807, 2.05) is 0 Å². The topological polar surface area (TPSA) is 76.1 Å². The minimum Gasteiger partial charge on any atom is -0.466 e.